The van der Waals surface area contributed by atoms with Crippen LogP contribution < -0.4 is 5.32 Å². The second kappa shape index (κ2) is 4.80. The maximum atomic E-state index is 14.5. The SMILES string of the molecule is OC12CC3CC(c4ccccc4F)(CC(C1)C3C1CCCN1)C2. The highest BCUT2D eigenvalue weighted by molar-refractivity contribution is 5.33. The fourth-order valence-electron chi connectivity index (χ4n) is 7.04. The molecule has 3 atom stereocenters. The molecule has 6 rings (SSSR count). The Kier molecular flexibility index (Phi) is 3.01. The predicted molar refractivity (Wildman–Crippen MR) is 87.6 cm³/mol. The summed E-state index contributed by atoms with van der Waals surface area (Å²) in [4.78, 5) is 0. The van der Waals surface area contributed by atoms with E-state index in [1.54, 1.807) is 12.1 Å². The van der Waals surface area contributed by atoms with Gasteiger partial charge < -0.3 is 10.4 Å². The Morgan fingerprint density at radius 1 is 1.09 bits per heavy atom. The molecule has 1 aromatic carbocycles. The predicted octanol–water partition coefficient (Wildman–Crippen LogP) is 3.39. The first kappa shape index (κ1) is 14.4. The summed E-state index contributed by atoms with van der Waals surface area (Å²) in [5, 5.41) is 14.8. The lowest BCUT2D eigenvalue weighted by molar-refractivity contribution is -0.169. The summed E-state index contributed by atoms with van der Waals surface area (Å²) in [5.74, 6) is 1.72. The standard InChI is InChI=1S/C20H26FNO/c21-16-5-2-1-4-15(16)19-8-13-10-20(23,12-19)11-14(9-19)18(13)17-6-3-7-22-17/h1-2,4-5,13-14,17-18,22-23H,3,6-12H2. The van der Waals surface area contributed by atoms with Gasteiger partial charge >= 0.3 is 0 Å². The first-order valence-electron chi connectivity index (χ1n) is 9.29. The van der Waals surface area contributed by atoms with Gasteiger partial charge in [0.2, 0.25) is 0 Å². The van der Waals surface area contributed by atoms with Crippen molar-refractivity contribution in [2.45, 2.75) is 62.0 Å². The molecule has 0 radical (unpaired) electrons. The Morgan fingerprint density at radius 3 is 2.48 bits per heavy atom. The molecule has 1 aliphatic heterocycles. The Labute approximate surface area is 137 Å². The highest BCUT2D eigenvalue weighted by Crippen LogP contribution is 2.65. The minimum Gasteiger partial charge on any atom is -0.390 e. The number of hydrogen-bond donors (Lipinski definition) is 2. The minimum absolute atomic E-state index is 0.0754. The van der Waals surface area contributed by atoms with Crippen molar-refractivity contribution >= 4 is 0 Å². The van der Waals surface area contributed by atoms with Gasteiger partial charge in [-0.15, -0.1) is 0 Å². The monoisotopic (exact) mass is 315 g/mol. The zero-order valence-electron chi connectivity index (χ0n) is 13.6. The molecule has 2 nitrogen and oxygen atoms in total. The molecule has 0 aromatic heterocycles. The molecule has 23 heavy (non-hydrogen) atoms. The number of benzene rings is 1. The largest absolute Gasteiger partial charge is 0.390 e. The van der Waals surface area contributed by atoms with Gasteiger partial charge in [-0.3, -0.25) is 0 Å². The maximum absolute atomic E-state index is 14.5. The molecule has 4 aliphatic carbocycles. The highest BCUT2D eigenvalue weighted by Gasteiger charge is 2.62. The Morgan fingerprint density at radius 2 is 1.83 bits per heavy atom. The number of hydrogen-bond acceptors (Lipinski definition) is 2. The van der Waals surface area contributed by atoms with Crippen molar-refractivity contribution < 1.29 is 9.50 Å². The molecule has 2 N–H and O–H groups in total. The van der Waals surface area contributed by atoms with Crippen LogP contribution in [-0.2, 0) is 5.41 Å². The summed E-state index contributed by atoms with van der Waals surface area (Å²) in [5.41, 5.74) is 0.190. The smallest absolute Gasteiger partial charge is 0.126 e. The van der Waals surface area contributed by atoms with E-state index in [4.69, 9.17) is 0 Å². The Balaban J connectivity index is 1.54. The van der Waals surface area contributed by atoms with Gasteiger partial charge in [-0.25, -0.2) is 4.39 Å². The first-order chi connectivity index (χ1) is 11.1. The number of rotatable bonds is 2. The van der Waals surface area contributed by atoms with Crippen molar-refractivity contribution in [2.24, 2.45) is 17.8 Å². The summed E-state index contributed by atoms with van der Waals surface area (Å²) >= 11 is 0. The van der Waals surface area contributed by atoms with Gasteiger partial charge in [-0.1, -0.05) is 18.2 Å². The van der Waals surface area contributed by atoms with Gasteiger partial charge in [0.25, 0.3) is 0 Å². The summed E-state index contributed by atoms with van der Waals surface area (Å²) in [7, 11) is 0. The fourth-order valence-corrected chi connectivity index (χ4v) is 7.04. The third kappa shape index (κ3) is 2.05. The van der Waals surface area contributed by atoms with Gasteiger partial charge in [-0.05, 0) is 80.9 Å². The van der Waals surface area contributed by atoms with Crippen LogP contribution >= 0.6 is 0 Å². The minimum atomic E-state index is -0.552. The third-order valence-corrected chi connectivity index (χ3v) is 7.35. The van der Waals surface area contributed by atoms with Crippen LogP contribution in [0.4, 0.5) is 4.39 Å². The van der Waals surface area contributed by atoms with Crippen molar-refractivity contribution in [1.82, 2.24) is 5.32 Å². The summed E-state index contributed by atoms with van der Waals surface area (Å²) in [6.45, 7) is 1.14. The Bertz CT molecular complexity index is 608. The molecule has 3 heteroatoms. The molecule has 1 heterocycles. The molecule has 1 aromatic rings. The van der Waals surface area contributed by atoms with Gasteiger partial charge in [0.05, 0.1) is 5.60 Å². The normalized spacial score (nSPS) is 48.1. The second-order valence-electron chi connectivity index (χ2n) is 8.78. The molecule has 5 aliphatic rings. The average molecular weight is 315 g/mol. The zero-order chi connectivity index (χ0) is 15.7. The van der Waals surface area contributed by atoms with Crippen LogP contribution in [0.25, 0.3) is 0 Å². The number of halogens is 1. The highest BCUT2D eigenvalue weighted by atomic mass is 19.1. The van der Waals surface area contributed by atoms with Crippen LogP contribution in [0.3, 0.4) is 0 Å². The van der Waals surface area contributed by atoms with Crippen LogP contribution in [0.15, 0.2) is 24.3 Å². The lowest BCUT2D eigenvalue weighted by Gasteiger charge is -2.64. The van der Waals surface area contributed by atoms with Crippen LogP contribution in [-0.4, -0.2) is 23.3 Å². The lowest BCUT2D eigenvalue weighted by Crippen LogP contribution is -2.63. The number of aliphatic hydroxyl groups is 1. The van der Waals surface area contributed by atoms with Crippen molar-refractivity contribution in [3.8, 4) is 0 Å². The molecule has 4 bridgehead atoms. The third-order valence-electron chi connectivity index (χ3n) is 7.35. The van der Waals surface area contributed by atoms with Gasteiger partial charge in [-0.2, -0.15) is 0 Å². The van der Waals surface area contributed by atoms with E-state index in [9.17, 15) is 9.50 Å². The van der Waals surface area contributed by atoms with E-state index in [1.165, 1.54) is 12.8 Å². The van der Waals surface area contributed by atoms with E-state index in [1.807, 2.05) is 12.1 Å². The number of nitrogens with one attached hydrogen (secondary N) is 1. The van der Waals surface area contributed by atoms with Crippen molar-refractivity contribution in [3.63, 3.8) is 0 Å². The summed E-state index contributed by atoms with van der Waals surface area (Å²) < 4.78 is 14.5. The second-order valence-corrected chi connectivity index (χ2v) is 8.78. The van der Waals surface area contributed by atoms with Gasteiger partial charge in [0, 0.05) is 11.5 Å². The summed E-state index contributed by atoms with van der Waals surface area (Å²) in [6.07, 6.45) is 7.32. The van der Waals surface area contributed by atoms with E-state index in [0.29, 0.717) is 23.8 Å². The molecular weight excluding hydrogens is 289 g/mol. The molecule has 1 saturated heterocycles. The molecule has 4 saturated carbocycles. The first-order valence-corrected chi connectivity index (χ1v) is 9.29. The average Bonchev–Trinajstić information content (AvgIpc) is 2.99. The zero-order valence-corrected chi connectivity index (χ0v) is 13.6. The van der Waals surface area contributed by atoms with E-state index in [-0.39, 0.29) is 11.2 Å². The van der Waals surface area contributed by atoms with E-state index < -0.39 is 5.60 Å². The van der Waals surface area contributed by atoms with Crippen molar-refractivity contribution in [3.05, 3.63) is 35.6 Å². The molecule has 0 spiro atoms. The van der Waals surface area contributed by atoms with E-state index in [2.05, 4.69) is 5.32 Å². The van der Waals surface area contributed by atoms with E-state index >= 15 is 0 Å². The summed E-state index contributed by atoms with van der Waals surface area (Å²) in [6, 6.07) is 7.92. The lowest BCUT2D eigenvalue weighted by atomic mass is 9.42. The molecule has 124 valence electrons. The molecule has 3 unspecified atom stereocenters. The van der Waals surface area contributed by atoms with Gasteiger partial charge in [0.1, 0.15) is 5.82 Å². The quantitative estimate of drug-likeness (QED) is 0.877. The van der Waals surface area contributed by atoms with Crippen molar-refractivity contribution in [2.75, 3.05) is 6.54 Å². The maximum Gasteiger partial charge on any atom is 0.126 e. The van der Waals surface area contributed by atoms with Crippen LogP contribution in [0.5, 0.6) is 0 Å². The molecular formula is C20H26FNO. The van der Waals surface area contributed by atoms with Crippen LogP contribution in [0.2, 0.25) is 0 Å². The van der Waals surface area contributed by atoms with E-state index in [0.717, 1.165) is 44.2 Å². The van der Waals surface area contributed by atoms with Crippen LogP contribution in [0.1, 0.15) is 50.5 Å². The van der Waals surface area contributed by atoms with Gasteiger partial charge in [0.15, 0.2) is 0 Å². The topological polar surface area (TPSA) is 32.3 Å². The molecule has 5 fully saturated rings. The van der Waals surface area contributed by atoms with Crippen molar-refractivity contribution in [1.29, 1.82) is 0 Å². The molecule has 0 amide bonds. The van der Waals surface area contributed by atoms with Crippen LogP contribution in [0, 0.1) is 23.6 Å². The fraction of sp³-hybridized carbons (Fsp3) is 0.700. The Hall–Kier alpha value is -0.930.